The van der Waals surface area contributed by atoms with Gasteiger partial charge in [-0.2, -0.15) is 0 Å². The van der Waals surface area contributed by atoms with E-state index in [9.17, 15) is 9.90 Å². The van der Waals surface area contributed by atoms with Gasteiger partial charge in [-0.3, -0.25) is 9.78 Å². The van der Waals surface area contributed by atoms with E-state index in [1.807, 2.05) is 45.9 Å². The highest BCUT2D eigenvalue weighted by atomic mass is 16.5. The number of aromatic hydroxyl groups is 1. The summed E-state index contributed by atoms with van der Waals surface area (Å²) in [5.74, 6) is 0.345. The van der Waals surface area contributed by atoms with Crippen LogP contribution in [0.1, 0.15) is 54.7 Å². The third kappa shape index (κ3) is 6.18. The number of carbonyl (C=O) groups excluding carboxylic acids is 1. The van der Waals surface area contributed by atoms with E-state index in [0.29, 0.717) is 24.2 Å². The van der Waals surface area contributed by atoms with Crippen LogP contribution in [-0.4, -0.2) is 23.0 Å². The van der Waals surface area contributed by atoms with Crippen LogP contribution in [0.3, 0.4) is 0 Å². The smallest absolute Gasteiger partial charge is 0.189 e. The van der Waals surface area contributed by atoms with Crippen molar-refractivity contribution in [2.75, 3.05) is 7.11 Å². The van der Waals surface area contributed by atoms with Crippen molar-refractivity contribution in [2.24, 2.45) is 0 Å². The number of aromatic nitrogens is 1. The average Bonchev–Trinajstić information content (AvgIpc) is 2.70. The molecule has 152 valence electrons. The minimum absolute atomic E-state index is 0.0267. The summed E-state index contributed by atoms with van der Waals surface area (Å²) < 4.78 is 5.63. The number of ketones is 1. The SMILES string of the molecule is COc1c(CC=C(C)C)cc(C(=O)/C=C/c2cccnc2)c(O)c1CC=C(C)C. The first kappa shape index (κ1) is 22.2. The zero-order valence-electron chi connectivity index (χ0n) is 17.8. The molecule has 2 aromatic rings. The highest BCUT2D eigenvalue weighted by Gasteiger charge is 2.20. The molecule has 0 aliphatic heterocycles. The van der Waals surface area contributed by atoms with Gasteiger partial charge in [0.15, 0.2) is 5.78 Å². The molecule has 0 bridgehead atoms. The predicted molar refractivity (Wildman–Crippen MR) is 119 cm³/mol. The molecule has 1 N–H and O–H groups in total. The van der Waals surface area contributed by atoms with Crippen molar-refractivity contribution in [1.82, 2.24) is 4.98 Å². The molecule has 1 aromatic heterocycles. The van der Waals surface area contributed by atoms with E-state index in [1.165, 1.54) is 11.6 Å². The van der Waals surface area contributed by atoms with E-state index in [2.05, 4.69) is 11.1 Å². The van der Waals surface area contributed by atoms with Gasteiger partial charge in [0.2, 0.25) is 0 Å². The standard InChI is InChI=1S/C25H29NO3/c1-17(2)8-11-20-15-22(23(27)13-10-19-7-6-14-26-16-19)24(28)21(25(20)29-5)12-9-18(3)4/h6-10,13-16,28H,11-12H2,1-5H3/b13-10+. The minimum atomic E-state index is -0.258. The molecule has 0 fully saturated rings. The first-order chi connectivity index (χ1) is 13.8. The zero-order valence-corrected chi connectivity index (χ0v) is 17.8. The molecule has 0 saturated heterocycles. The molecule has 4 nitrogen and oxygen atoms in total. The lowest BCUT2D eigenvalue weighted by Gasteiger charge is -2.16. The number of phenols is 1. The predicted octanol–water partition coefficient (Wildman–Crippen LogP) is 5.71. The van der Waals surface area contributed by atoms with Gasteiger partial charge < -0.3 is 9.84 Å². The van der Waals surface area contributed by atoms with Crippen molar-refractivity contribution >= 4 is 11.9 Å². The number of nitrogens with zero attached hydrogens (tertiary/aromatic N) is 1. The normalized spacial score (nSPS) is 10.7. The number of allylic oxidation sites excluding steroid dienone is 5. The Morgan fingerprint density at radius 3 is 2.41 bits per heavy atom. The summed E-state index contributed by atoms with van der Waals surface area (Å²) in [4.78, 5) is 16.9. The second kappa shape index (κ2) is 10.4. The number of methoxy groups -OCH3 is 1. The fourth-order valence-corrected chi connectivity index (χ4v) is 2.91. The fourth-order valence-electron chi connectivity index (χ4n) is 2.91. The molecular formula is C25H29NO3. The molecule has 0 spiro atoms. The fraction of sp³-hybridized carbons (Fsp3) is 0.280. The maximum atomic E-state index is 12.9. The molecule has 0 amide bonds. The van der Waals surface area contributed by atoms with Gasteiger partial charge in [0.05, 0.1) is 12.7 Å². The Morgan fingerprint density at radius 2 is 1.83 bits per heavy atom. The summed E-state index contributed by atoms with van der Waals surface area (Å²) in [5.41, 5.74) is 4.91. The molecule has 2 rings (SSSR count). The van der Waals surface area contributed by atoms with Gasteiger partial charge in [-0.25, -0.2) is 0 Å². The summed E-state index contributed by atoms with van der Waals surface area (Å²) in [6.07, 6.45) is 11.7. The van der Waals surface area contributed by atoms with E-state index >= 15 is 0 Å². The molecule has 1 aromatic carbocycles. The number of ether oxygens (including phenoxy) is 1. The zero-order chi connectivity index (χ0) is 21.4. The van der Waals surface area contributed by atoms with E-state index in [1.54, 1.807) is 31.6 Å². The summed E-state index contributed by atoms with van der Waals surface area (Å²) >= 11 is 0. The van der Waals surface area contributed by atoms with E-state index in [-0.39, 0.29) is 17.1 Å². The van der Waals surface area contributed by atoms with Crippen molar-refractivity contribution in [3.63, 3.8) is 0 Å². The van der Waals surface area contributed by atoms with Crippen LogP contribution in [-0.2, 0) is 12.8 Å². The topological polar surface area (TPSA) is 59.4 Å². The van der Waals surface area contributed by atoms with Crippen LogP contribution < -0.4 is 4.74 Å². The van der Waals surface area contributed by atoms with Crippen LogP contribution in [0.2, 0.25) is 0 Å². The Labute approximate surface area is 173 Å². The summed E-state index contributed by atoms with van der Waals surface area (Å²) in [6, 6.07) is 5.41. The summed E-state index contributed by atoms with van der Waals surface area (Å²) in [6.45, 7) is 8.05. The number of pyridine rings is 1. The van der Waals surface area contributed by atoms with Crippen molar-refractivity contribution in [3.05, 3.63) is 82.2 Å². The monoisotopic (exact) mass is 391 g/mol. The Hall–Kier alpha value is -3.14. The first-order valence-electron chi connectivity index (χ1n) is 9.64. The molecule has 0 aliphatic rings. The van der Waals surface area contributed by atoms with Crippen LogP contribution in [0.15, 0.2) is 60.0 Å². The molecule has 4 heteroatoms. The van der Waals surface area contributed by atoms with E-state index in [0.717, 1.165) is 16.7 Å². The van der Waals surface area contributed by atoms with Crippen LogP contribution in [0.5, 0.6) is 11.5 Å². The number of hydrogen-bond donors (Lipinski definition) is 1. The van der Waals surface area contributed by atoms with Gasteiger partial charge in [0, 0.05) is 18.0 Å². The van der Waals surface area contributed by atoms with Crippen LogP contribution in [0, 0.1) is 0 Å². The first-order valence-corrected chi connectivity index (χ1v) is 9.64. The Bertz CT molecular complexity index is 946. The minimum Gasteiger partial charge on any atom is -0.507 e. The lowest BCUT2D eigenvalue weighted by atomic mass is 9.94. The van der Waals surface area contributed by atoms with Gasteiger partial charge in [-0.15, -0.1) is 0 Å². The van der Waals surface area contributed by atoms with Crippen LogP contribution in [0.4, 0.5) is 0 Å². The largest absolute Gasteiger partial charge is 0.507 e. The lowest BCUT2D eigenvalue weighted by molar-refractivity contribution is 0.104. The van der Waals surface area contributed by atoms with E-state index < -0.39 is 0 Å². The Kier molecular flexibility index (Phi) is 7.96. The Morgan fingerprint density at radius 1 is 1.14 bits per heavy atom. The van der Waals surface area contributed by atoms with Gasteiger partial charge in [-0.1, -0.05) is 29.4 Å². The maximum absolute atomic E-state index is 12.9. The van der Waals surface area contributed by atoms with Gasteiger partial charge in [-0.05, 0) is 75.9 Å². The van der Waals surface area contributed by atoms with Crippen molar-refractivity contribution in [1.29, 1.82) is 0 Å². The van der Waals surface area contributed by atoms with Crippen molar-refractivity contribution in [3.8, 4) is 11.5 Å². The molecule has 0 atom stereocenters. The molecule has 1 heterocycles. The number of carbonyl (C=O) groups is 1. The second-order valence-corrected chi connectivity index (χ2v) is 7.40. The van der Waals surface area contributed by atoms with Gasteiger partial charge >= 0.3 is 0 Å². The van der Waals surface area contributed by atoms with Gasteiger partial charge in [0.1, 0.15) is 11.5 Å². The molecule has 0 saturated carbocycles. The molecule has 0 unspecified atom stereocenters. The van der Waals surface area contributed by atoms with Crippen LogP contribution in [0.25, 0.3) is 6.08 Å². The van der Waals surface area contributed by atoms with Crippen LogP contribution >= 0.6 is 0 Å². The highest BCUT2D eigenvalue weighted by Crippen LogP contribution is 2.37. The molecule has 0 aliphatic carbocycles. The molecule has 29 heavy (non-hydrogen) atoms. The number of phenolic OH excluding ortho intramolecular Hbond substituents is 1. The lowest BCUT2D eigenvalue weighted by Crippen LogP contribution is -2.04. The summed E-state index contributed by atoms with van der Waals surface area (Å²) in [5, 5.41) is 10.9. The third-order valence-corrected chi connectivity index (χ3v) is 4.45. The maximum Gasteiger partial charge on any atom is 0.189 e. The van der Waals surface area contributed by atoms with Crippen molar-refractivity contribution in [2.45, 2.75) is 40.5 Å². The third-order valence-electron chi connectivity index (χ3n) is 4.45. The van der Waals surface area contributed by atoms with Crippen molar-refractivity contribution < 1.29 is 14.6 Å². The highest BCUT2D eigenvalue weighted by molar-refractivity contribution is 6.09. The molecule has 0 radical (unpaired) electrons. The Balaban J connectivity index is 2.54. The number of hydrogen-bond acceptors (Lipinski definition) is 4. The summed E-state index contributed by atoms with van der Waals surface area (Å²) in [7, 11) is 1.59. The van der Waals surface area contributed by atoms with E-state index in [4.69, 9.17) is 4.74 Å². The average molecular weight is 392 g/mol. The van der Waals surface area contributed by atoms with Gasteiger partial charge in [0.25, 0.3) is 0 Å². The number of benzene rings is 1. The number of rotatable bonds is 8. The quantitative estimate of drug-likeness (QED) is 0.356. The molecular weight excluding hydrogens is 362 g/mol. The second-order valence-electron chi connectivity index (χ2n) is 7.40.